The van der Waals surface area contributed by atoms with Gasteiger partial charge in [0.2, 0.25) is 11.4 Å². The molecule has 0 aliphatic carbocycles. The molecule has 8 nitrogen and oxygen atoms in total. The molecule has 0 radical (unpaired) electrons. The Kier molecular flexibility index (Phi) is 3.70. The van der Waals surface area contributed by atoms with Crippen LogP contribution >= 0.6 is 0 Å². The highest BCUT2D eigenvalue weighted by Gasteiger charge is 2.57. The van der Waals surface area contributed by atoms with Crippen LogP contribution in [0.25, 0.3) is 0 Å². The molecule has 0 aromatic carbocycles. The van der Waals surface area contributed by atoms with Gasteiger partial charge in [-0.15, -0.1) is 0 Å². The SMILES string of the molecule is CO/N=C(\C)[C@@]1(N(O)C(C)=O)C(=O)N(C)N=C1C. The number of nitrogens with zero attached hydrogens (tertiary/aromatic N) is 4. The van der Waals surface area contributed by atoms with Crippen LogP contribution in [0.3, 0.4) is 0 Å². The van der Waals surface area contributed by atoms with Crippen LogP contribution in [-0.2, 0) is 14.4 Å². The van der Waals surface area contributed by atoms with E-state index >= 15 is 0 Å². The average molecular weight is 256 g/mol. The molecule has 2 amide bonds. The molecule has 1 N–H and O–H groups in total. The number of rotatable bonds is 3. The predicted octanol–water partition coefficient (Wildman–Crippen LogP) is -0.167. The molecule has 1 atom stereocenters. The Labute approximate surface area is 104 Å². The molecule has 0 aromatic heterocycles. The Balaban J connectivity index is 3.46. The molecule has 0 aromatic rings. The van der Waals surface area contributed by atoms with Crippen molar-refractivity contribution in [1.29, 1.82) is 0 Å². The van der Waals surface area contributed by atoms with E-state index in [1.807, 2.05) is 0 Å². The fourth-order valence-corrected chi connectivity index (χ4v) is 1.98. The lowest BCUT2D eigenvalue weighted by Crippen LogP contribution is -2.63. The van der Waals surface area contributed by atoms with Gasteiger partial charge < -0.3 is 4.84 Å². The number of hydrazone groups is 1. The van der Waals surface area contributed by atoms with E-state index in [1.165, 1.54) is 28.0 Å². The Morgan fingerprint density at radius 1 is 1.56 bits per heavy atom. The number of hydrogen-bond acceptors (Lipinski definition) is 6. The molecule has 0 saturated carbocycles. The van der Waals surface area contributed by atoms with Crippen molar-refractivity contribution < 1.29 is 19.6 Å². The van der Waals surface area contributed by atoms with Gasteiger partial charge in [0.15, 0.2) is 0 Å². The third-order valence-electron chi connectivity index (χ3n) is 2.79. The molecule has 18 heavy (non-hydrogen) atoms. The van der Waals surface area contributed by atoms with Crippen LogP contribution in [0.4, 0.5) is 0 Å². The van der Waals surface area contributed by atoms with Crippen molar-refractivity contribution in [2.45, 2.75) is 26.3 Å². The van der Waals surface area contributed by atoms with Crippen molar-refractivity contribution >= 4 is 23.2 Å². The first-order valence-corrected chi connectivity index (χ1v) is 5.21. The number of oxime groups is 1. The van der Waals surface area contributed by atoms with Crippen LogP contribution in [0.2, 0.25) is 0 Å². The van der Waals surface area contributed by atoms with E-state index in [4.69, 9.17) is 0 Å². The molecule has 0 fully saturated rings. The highest BCUT2D eigenvalue weighted by Crippen LogP contribution is 2.27. The Bertz CT molecular complexity index is 445. The zero-order valence-corrected chi connectivity index (χ0v) is 11.0. The smallest absolute Gasteiger partial charge is 0.282 e. The van der Waals surface area contributed by atoms with Crippen LogP contribution in [-0.4, -0.2) is 58.2 Å². The van der Waals surface area contributed by atoms with Gasteiger partial charge in [-0.2, -0.15) is 10.2 Å². The lowest BCUT2D eigenvalue weighted by molar-refractivity contribution is -0.179. The molecule has 1 aliphatic rings. The topological polar surface area (TPSA) is 94.8 Å². The van der Waals surface area contributed by atoms with E-state index in [9.17, 15) is 14.8 Å². The second kappa shape index (κ2) is 4.73. The van der Waals surface area contributed by atoms with Gasteiger partial charge in [-0.25, -0.2) is 5.01 Å². The van der Waals surface area contributed by atoms with Crippen molar-refractivity contribution in [3.8, 4) is 0 Å². The quantitative estimate of drug-likeness (QED) is 0.431. The van der Waals surface area contributed by atoms with Crippen LogP contribution in [0.1, 0.15) is 20.8 Å². The Morgan fingerprint density at radius 3 is 2.44 bits per heavy atom. The summed E-state index contributed by atoms with van der Waals surface area (Å²) in [5, 5.41) is 18.9. The lowest BCUT2D eigenvalue weighted by atomic mass is 9.88. The first-order valence-electron chi connectivity index (χ1n) is 5.21. The molecule has 0 saturated heterocycles. The molecule has 0 spiro atoms. The maximum absolute atomic E-state index is 12.2. The minimum absolute atomic E-state index is 0.123. The summed E-state index contributed by atoms with van der Waals surface area (Å²) in [4.78, 5) is 28.2. The van der Waals surface area contributed by atoms with Crippen molar-refractivity contribution in [2.24, 2.45) is 10.3 Å². The minimum Gasteiger partial charge on any atom is -0.399 e. The van der Waals surface area contributed by atoms with E-state index in [1.54, 1.807) is 0 Å². The van der Waals surface area contributed by atoms with E-state index in [-0.39, 0.29) is 11.4 Å². The third-order valence-corrected chi connectivity index (χ3v) is 2.79. The molecular formula is C10H16N4O4. The van der Waals surface area contributed by atoms with E-state index in [0.717, 1.165) is 11.9 Å². The molecule has 1 aliphatic heterocycles. The summed E-state index contributed by atoms with van der Waals surface area (Å²) >= 11 is 0. The normalized spacial score (nSPS) is 24.1. The summed E-state index contributed by atoms with van der Waals surface area (Å²) in [6.45, 7) is 4.15. The second-order valence-corrected chi connectivity index (χ2v) is 3.91. The molecule has 100 valence electrons. The van der Waals surface area contributed by atoms with E-state index < -0.39 is 17.4 Å². The van der Waals surface area contributed by atoms with Gasteiger partial charge in [0.25, 0.3) is 5.91 Å². The van der Waals surface area contributed by atoms with Gasteiger partial charge in [-0.05, 0) is 13.8 Å². The van der Waals surface area contributed by atoms with Crippen LogP contribution < -0.4 is 0 Å². The summed E-state index contributed by atoms with van der Waals surface area (Å²) in [5.41, 5.74) is -1.36. The molecule has 8 heteroatoms. The van der Waals surface area contributed by atoms with Gasteiger partial charge in [0, 0.05) is 14.0 Å². The van der Waals surface area contributed by atoms with Crippen molar-refractivity contribution in [3.63, 3.8) is 0 Å². The number of amides is 2. The summed E-state index contributed by atoms with van der Waals surface area (Å²) < 4.78 is 0. The first-order chi connectivity index (χ1) is 8.29. The summed E-state index contributed by atoms with van der Waals surface area (Å²) in [7, 11) is 2.74. The Hall–Kier alpha value is -1.96. The standard InChI is InChI=1S/C10H16N4O4/c1-6-10(7(2)12-18-5,14(17)8(3)15)9(16)13(4)11-6/h17H,1-5H3/b12-7+/t10-/m1/s1. The van der Waals surface area contributed by atoms with Crippen LogP contribution in [0.15, 0.2) is 10.3 Å². The largest absolute Gasteiger partial charge is 0.399 e. The summed E-state index contributed by atoms with van der Waals surface area (Å²) in [5.74, 6) is -1.27. The van der Waals surface area contributed by atoms with Crippen molar-refractivity contribution in [3.05, 3.63) is 0 Å². The predicted molar refractivity (Wildman–Crippen MR) is 63.0 cm³/mol. The summed E-state index contributed by atoms with van der Waals surface area (Å²) in [6.07, 6.45) is 0. The lowest BCUT2D eigenvalue weighted by Gasteiger charge is -2.33. The van der Waals surface area contributed by atoms with Crippen molar-refractivity contribution in [1.82, 2.24) is 10.1 Å². The number of carbonyl (C=O) groups excluding carboxylic acids is 2. The highest BCUT2D eigenvalue weighted by atomic mass is 16.6. The third kappa shape index (κ3) is 1.74. The fraction of sp³-hybridized carbons (Fsp3) is 0.600. The van der Waals surface area contributed by atoms with Crippen LogP contribution in [0, 0.1) is 0 Å². The van der Waals surface area contributed by atoms with Gasteiger partial charge >= 0.3 is 0 Å². The maximum atomic E-state index is 12.2. The van der Waals surface area contributed by atoms with Gasteiger partial charge in [0.05, 0.1) is 11.4 Å². The fourth-order valence-electron chi connectivity index (χ4n) is 1.98. The number of hydrogen-bond donors (Lipinski definition) is 1. The van der Waals surface area contributed by atoms with E-state index in [0.29, 0.717) is 5.06 Å². The summed E-state index contributed by atoms with van der Waals surface area (Å²) in [6, 6.07) is 0. The van der Waals surface area contributed by atoms with Gasteiger partial charge in [0.1, 0.15) is 7.11 Å². The molecular weight excluding hydrogens is 240 g/mol. The van der Waals surface area contributed by atoms with Gasteiger partial charge in [-0.1, -0.05) is 5.16 Å². The van der Waals surface area contributed by atoms with Crippen LogP contribution in [0.5, 0.6) is 0 Å². The second-order valence-electron chi connectivity index (χ2n) is 3.91. The minimum atomic E-state index is -1.73. The zero-order valence-electron chi connectivity index (χ0n) is 11.0. The van der Waals surface area contributed by atoms with Crippen molar-refractivity contribution in [2.75, 3.05) is 14.2 Å². The highest BCUT2D eigenvalue weighted by molar-refractivity contribution is 6.33. The average Bonchev–Trinajstić information content (AvgIpc) is 2.50. The number of likely N-dealkylation sites (N-methyl/N-ethyl adjacent to an activating group) is 1. The number of hydroxylamine groups is 2. The zero-order chi connectivity index (χ0) is 14.1. The molecule has 0 bridgehead atoms. The first kappa shape index (κ1) is 14.1. The van der Waals surface area contributed by atoms with E-state index in [2.05, 4.69) is 15.1 Å². The monoisotopic (exact) mass is 256 g/mol. The van der Waals surface area contributed by atoms with Gasteiger partial charge in [-0.3, -0.25) is 14.8 Å². The maximum Gasteiger partial charge on any atom is 0.282 e. The number of carbonyl (C=O) groups is 2. The molecule has 1 heterocycles. The Morgan fingerprint density at radius 2 is 2.11 bits per heavy atom. The molecule has 0 unspecified atom stereocenters. The molecule has 1 rings (SSSR count).